The van der Waals surface area contributed by atoms with Gasteiger partial charge in [0.2, 0.25) is 11.8 Å². The van der Waals surface area contributed by atoms with E-state index in [1.807, 2.05) is 0 Å². The molecule has 0 spiro atoms. The van der Waals surface area contributed by atoms with E-state index in [0.29, 0.717) is 0 Å². The monoisotopic (exact) mass is 227 g/mol. The number of nitrogens with zero attached hydrogens (tertiary/aromatic N) is 1. The Morgan fingerprint density at radius 3 is 2.19 bits per heavy atom. The fourth-order valence-corrected chi connectivity index (χ4v) is 1.82. The molecule has 0 radical (unpaired) electrons. The number of imide groups is 1. The van der Waals surface area contributed by atoms with Gasteiger partial charge in [-0.1, -0.05) is 13.8 Å². The second-order valence-electron chi connectivity index (χ2n) is 5.00. The molecule has 90 valence electrons. The lowest BCUT2D eigenvalue weighted by Crippen LogP contribution is -2.45. The topological polar surface area (TPSA) is 74.7 Å². The molecule has 1 fully saturated rings. The molecule has 1 aliphatic heterocycles. The van der Waals surface area contributed by atoms with Gasteiger partial charge in [0.25, 0.3) is 0 Å². The van der Waals surface area contributed by atoms with Gasteiger partial charge < -0.3 is 5.11 Å². The molecule has 1 heterocycles. The average molecular weight is 227 g/mol. The molecule has 1 rings (SSSR count). The summed E-state index contributed by atoms with van der Waals surface area (Å²) >= 11 is 0. The number of carbonyl (C=O) groups is 3. The molecule has 0 aromatic carbocycles. The molecule has 0 bridgehead atoms. The summed E-state index contributed by atoms with van der Waals surface area (Å²) in [6.45, 7) is 6.49. The van der Waals surface area contributed by atoms with Crippen LogP contribution in [0.1, 0.15) is 34.1 Å². The number of carboxylic acid groups (broad SMARTS) is 1. The summed E-state index contributed by atoms with van der Waals surface area (Å²) in [7, 11) is 0. The Balaban J connectivity index is 2.94. The Bertz CT molecular complexity index is 348. The maximum atomic E-state index is 11.9. The summed E-state index contributed by atoms with van der Waals surface area (Å²) in [5, 5.41) is 8.87. The molecule has 1 N–H and O–H groups in total. The minimum Gasteiger partial charge on any atom is -0.481 e. The molecule has 0 aromatic heterocycles. The number of hydrogen-bond acceptors (Lipinski definition) is 3. The van der Waals surface area contributed by atoms with E-state index in [9.17, 15) is 14.4 Å². The van der Waals surface area contributed by atoms with Gasteiger partial charge in [-0.05, 0) is 13.8 Å². The minimum atomic E-state index is -1.00. The normalized spacial score (nSPS) is 23.4. The van der Waals surface area contributed by atoms with Crippen LogP contribution in [0.2, 0.25) is 0 Å². The number of aliphatic carboxylic acids is 1. The Labute approximate surface area is 94.4 Å². The van der Waals surface area contributed by atoms with Crippen LogP contribution in [-0.4, -0.2) is 33.8 Å². The lowest BCUT2D eigenvalue weighted by atomic mass is 9.92. The van der Waals surface area contributed by atoms with E-state index in [2.05, 4.69) is 0 Å². The van der Waals surface area contributed by atoms with Crippen molar-refractivity contribution in [2.75, 3.05) is 0 Å². The number of rotatable bonds is 3. The standard InChI is InChI=1S/C11H17NO4/c1-6(9(14)15)7(2)12-8(13)5-11(3,4)10(12)16/h6-7H,5H2,1-4H3,(H,14,15). The smallest absolute Gasteiger partial charge is 0.308 e. The highest BCUT2D eigenvalue weighted by atomic mass is 16.4. The van der Waals surface area contributed by atoms with Crippen molar-refractivity contribution in [1.82, 2.24) is 4.90 Å². The van der Waals surface area contributed by atoms with Crippen molar-refractivity contribution in [2.45, 2.75) is 40.2 Å². The van der Waals surface area contributed by atoms with Gasteiger partial charge in [-0.15, -0.1) is 0 Å². The van der Waals surface area contributed by atoms with Crippen LogP contribution >= 0.6 is 0 Å². The van der Waals surface area contributed by atoms with E-state index in [1.54, 1.807) is 20.8 Å². The number of likely N-dealkylation sites (tertiary alicyclic amines) is 1. The molecule has 2 amide bonds. The predicted octanol–water partition coefficient (Wildman–Crippen LogP) is 0.881. The van der Waals surface area contributed by atoms with E-state index in [4.69, 9.17) is 5.11 Å². The van der Waals surface area contributed by atoms with Crippen molar-refractivity contribution in [3.8, 4) is 0 Å². The van der Waals surface area contributed by atoms with Crippen LogP contribution in [0.3, 0.4) is 0 Å². The third-order valence-corrected chi connectivity index (χ3v) is 3.18. The molecule has 0 saturated carbocycles. The van der Waals surface area contributed by atoms with Crippen molar-refractivity contribution >= 4 is 17.8 Å². The Morgan fingerprint density at radius 1 is 1.38 bits per heavy atom. The Hall–Kier alpha value is -1.39. The average Bonchev–Trinajstić information content (AvgIpc) is 2.34. The van der Waals surface area contributed by atoms with Crippen molar-refractivity contribution in [1.29, 1.82) is 0 Å². The third kappa shape index (κ3) is 1.94. The molecule has 2 unspecified atom stereocenters. The largest absolute Gasteiger partial charge is 0.481 e. The van der Waals surface area contributed by atoms with Crippen LogP contribution in [0.4, 0.5) is 0 Å². The second-order valence-corrected chi connectivity index (χ2v) is 5.00. The van der Waals surface area contributed by atoms with Gasteiger partial charge in [0, 0.05) is 12.5 Å². The van der Waals surface area contributed by atoms with E-state index in [-0.39, 0.29) is 18.2 Å². The van der Waals surface area contributed by atoms with Crippen LogP contribution in [0, 0.1) is 11.3 Å². The van der Waals surface area contributed by atoms with Crippen molar-refractivity contribution in [2.24, 2.45) is 11.3 Å². The van der Waals surface area contributed by atoms with Crippen molar-refractivity contribution in [3.63, 3.8) is 0 Å². The van der Waals surface area contributed by atoms with Gasteiger partial charge in [0.1, 0.15) is 0 Å². The first-order chi connectivity index (χ1) is 7.18. The van der Waals surface area contributed by atoms with Crippen molar-refractivity contribution < 1.29 is 19.5 Å². The van der Waals surface area contributed by atoms with Crippen LogP contribution in [-0.2, 0) is 14.4 Å². The predicted molar refractivity (Wildman–Crippen MR) is 56.5 cm³/mol. The molecule has 0 aromatic rings. The lowest BCUT2D eigenvalue weighted by Gasteiger charge is -2.27. The van der Waals surface area contributed by atoms with E-state index < -0.39 is 23.3 Å². The quantitative estimate of drug-likeness (QED) is 0.726. The fourth-order valence-electron chi connectivity index (χ4n) is 1.82. The van der Waals surface area contributed by atoms with E-state index in [0.717, 1.165) is 4.90 Å². The number of carboxylic acids is 1. The molecule has 5 nitrogen and oxygen atoms in total. The Kier molecular flexibility index (Phi) is 3.08. The molecule has 2 atom stereocenters. The first-order valence-corrected chi connectivity index (χ1v) is 5.28. The zero-order valence-electron chi connectivity index (χ0n) is 9.98. The van der Waals surface area contributed by atoms with Gasteiger partial charge in [-0.25, -0.2) is 0 Å². The number of hydrogen-bond donors (Lipinski definition) is 1. The zero-order valence-corrected chi connectivity index (χ0v) is 9.98. The summed E-state index contributed by atoms with van der Waals surface area (Å²) in [6.07, 6.45) is 0.155. The summed E-state index contributed by atoms with van der Waals surface area (Å²) in [6, 6.07) is -0.598. The van der Waals surface area contributed by atoms with Gasteiger partial charge in [0.15, 0.2) is 0 Å². The number of carbonyl (C=O) groups excluding carboxylic acids is 2. The summed E-state index contributed by atoms with van der Waals surface area (Å²) in [5.41, 5.74) is -0.705. The maximum Gasteiger partial charge on any atom is 0.308 e. The molecule has 1 aliphatic rings. The lowest BCUT2D eigenvalue weighted by molar-refractivity contribution is -0.149. The first-order valence-electron chi connectivity index (χ1n) is 5.28. The van der Waals surface area contributed by atoms with Crippen LogP contribution < -0.4 is 0 Å². The van der Waals surface area contributed by atoms with Gasteiger partial charge >= 0.3 is 5.97 Å². The van der Waals surface area contributed by atoms with Gasteiger partial charge in [0.05, 0.1) is 11.3 Å². The number of amides is 2. The summed E-state index contributed by atoms with van der Waals surface area (Å²) in [4.78, 5) is 35.5. The maximum absolute atomic E-state index is 11.9. The molecule has 16 heavy (non-hydrogen) atoms. The van der Waals surface area contributed by atoms with E-state index in [1.165, 1.54) is 6.92 Å². The van der Waals surface area contributed by atoms with Gasteiger partial charge in [-0.2, -0.15) is 0 Å². The SMILES string of the molecule is CC(C(=O)O)C(C)N1C(=O)CC(C)(C)C1=O. The summed E-state index contributed by atoms with van der Waals surface area (Å²) in [5.74, 6) is -2.31. The molecule has 5 heteroatoms. The van der Waals surface area contributed by atoms with Crippen molar-refractivity contribution in [3.05, 3.63) is 0 Å². The molecular weight excluding hydrogens is 210 g/mol. The highest BCUT2D eigenvalue weighted by Gasteiger charge is 2.48. The highest BCUT2D eigenvalue weighted by molar-refractivity contribution is 6.06. The first kappa shape index (κ1) is 12.7. The van der Waals surface area contributed by atoms with Crippen LogP contribution in [0.15, 0.2) is 0 Å². The van der Waals surface area contributed by atoms with E-state index >= 15 is 0 Å². The van der Waals surface area contributed by atoms with Gasteiger partial charge in [-0.3, -0.25) is 19.3 Å². The highest BCUT2D eigenvalue weighted by Crippen LogP contribution is 2.34. The Morgan fingerprint density at radius 2 is 1.88 bits per heavy atom. The second kappa shape index (κ2) is 3.88. The summed E-state index contributed by atoms with van der Waals surface area (Å²) < 4.78 is 0. The minimum absolute atomic E-state index is 0.155. The molecular formula is C11H17NO4. The third-order valence-electron chi connectivity index (χ3n) is 3.18. The van der Waals surface area contributed by atoms with Crippen LogP contribution in [0.5, 0.6) is 0 Å². The fraction of sp³-hybridized carbons (Fsp3) is 0.727. The molecule has 0 aliphatic carbocycles. The molecule has 1 saturated heterocycles. The zero-order chi connectivity index (χ0) is 12.7. The van der Waals surface area contributed by atoms with Crippen LogP contribution in [0.25, 0.3) is 0 Å².